The Labute approximate surface area is 145 Å². The highest BCUT2D eigenvalue weighted by Gasteiger charge is 2.14. The van der Waals surface area contributed by atoms with E-state index in [1.165, 1.54) is 11.3 Å². The molecule has 0 saturated heterocycles. The minimum atomic E-state index is 0.725. The predicted molar refractivity (Wildman–Crippen MR) is 99.5 cm³/mol. The van der Waals surface area contributed by atoms with Crippen molar-refractivity contribution in [1.82, 2.24) is 9.55 Å². The minimum absolute atomic E-state index is 0.725. The number of hydrazone groups is 1. The Kier molecular flexibility index (Phi) is 3.96. The first-order valence-corrected chi connectivity index (χ1v) is 8.07. The van der Waals surface area contributed by atoms with Gasteiger partial charge in [-0.25, -0.2) is 14.0 Å². The van der Waals surface area contributed by atoms with Crippen LogP contribution in [0.4, 0.5) is 5.82 Å². The average molecular weight is 328 g/mol. The molecule has 0 aliphatic rings. The van der Waals surface area contributed by atoms with Crippen LogP contribution in [0.5, 0.6) is 0 Å². The number of nitrogens with one attached hydrogen (secondary N) is 1. The molecule has 4 aromatic rings. The van der Waals surface area contributed by atoms with Crippen molar-refractivity contribution in [2.45, 2.75) is 0 Å². The van der Waals surface area contributed by atoms with E-state index in [2.05, 4.69) is 74.3 Å². The molecule has 0 fully saturated rings. The fraction of sp³-hybridized carbons (Fsp3) is 0.0500. The lowest BCUT2D eigenvalue weighted by atomic mass is 10.1. The highest BCUT2D eigenvalue weighted by molar-refractivity contribution is 5.81. The molecule has 25 heavy (non-hydrogen) atoms. The van der Waals surface area contributed by atoms with Crippen LogP contribution >= 0.6 is 0 Å². The highest BCUT2D eigenvalue weighted by atomic mass is 15.3. The van der Waals surface area contributed by atoms with Gasteiger partial charge in [-0.15, -0.1) is 0 Å². The molecule has 0 spiro atoms. The van der Waals surface area contributed by atoms with Gasteiger partial charge in [-0.3, -0.25) is 5.43 Å². The van der Waals surface area contributed by atoms with E-state index in [0.29, 0.717) is 0 Å². The fourth-order valence-electron chi connectivity index (χ4n) is 2.79. The molecule has 0 bridgehead atoms. The van der Waals surface area contributed by atoms with Crippen LogP contribution in [0, 0.1) is 0 Å². The van der Waals surface area contributed by atoms with E-state index in [4.69, 9.17) is 0 Å². The minimum Gasteiger partial charge on any atom is -0.261 e. The van der Waals surface area contributed by atoms with Crippen LogP contribution in [0.2, 0.25) is 0 Å². The third-order valence-corrected chi connectivity index (χ3v) is 4.10. The summed E-state index contributed by atoms with van der Waals surface area (Å²) in [6, 6.07) is 20.2. The lowest BCUT2D eigenvalue weighted by Crippen LogP contribution is -2.17. The fourth-order valence-corrected chi connectivity index (χ4v) is 2.79. The van der Waals surface area contributed by atoms with Crippen LogP contribution in [-0.2, 0) is 7.05 Å². The first kappa shape index (κ1) is 15.1. The molecular weight excluding hydrogens is 310 g/mol. The zero-order chi connectivity index (χ0) is 17.1. The number of nitrogens with zero attached hydrogens (tertiary/aromatic N) is 4. The van der Waals surface area contributed by atoms with Crippen molar-refractivity contribution in [3.63, 3.8) is 0 Å². The third-order valence-electron chi connectivity index (χ3n) is 4.10. The quantitative estimate of drug-likeness (QED) is 0.355. The van der Waals surface area contributed by atoms with Crippen LogP contribution in [-0.4, -0.2) is 15.8 Å². The van der Waals surface area contributed by atoms with Crippen molar-refractivity contribution in [3.05, 3.63) is 84.8 Å². The third kappa shape index (κ3) is 3.12. The van der Waals surface area contributed by atoms with Crippen LogP contribution < -0.4 is 9.83 Å². The first-order valence-electron chi connectivity index (χ1n) is 8.07. The molecule has 0 amide bonds. The summed E-state index contributed by atoms with van der Waals surface area (Å²) >= 11 is 0. The Morgan fingerprint density at radius 3 is 2.64 bits per heavy atom. The van der Waals surface area contributed by atoms with Crippen molar-refractivity contribution < 1.29 is 4.40 Å². The van der Waals surface area contributed by atoms with Crippen LogP contribution in [0.1, 0.15) is 5.56 Å². The van der Waals surface area contributed by atoms with Gasteiger partial charge >= 0.3 is 0 Å². The van der Waals surface area contributed by atoms with Gasteiger partial charge in [0.2, 0.25) is 0 Å². The summed E-state index contributed by atoms with van der Waals surface area (Å²) in [7, 11) is 2.08. The van der Waals surface area contributed by atoms with Gasteiger partial charge < -0.3 is 0 Å². The lowest BCUT2D eigenvalue weighted by molar-refractivity contribution is -0.510. The first-order chi connectivity index (χ1) is 12.3. The number of fused-ring (bicyclic) bond motifs is 1. The number of benzene rings is 1. The van der Waals surface area contributed by atoms with E-state index in [1.807, 2.05) is 30.3 Å². The molecule has 3 heterocycles. The average Bonchev–Trinajstić information content (AvgIpc) is 3.00. The second-order valence-corrected chi connectivity index (χ2v) is 5.75. The topological polar surface area (TPSA) is 46.3 Å². The number of pyridine rings is 2. The number of anilines is 1. The normalized spacial score (nSPS) is 11.2. The Hall–Kier alpha value is -3.47. The van der Waals surface area contributed by atoms with E-state index in [9.17, 15) is 0 Å². The Morgan fingerprint density at radius 1 is 1.04 bits per heavy atom. The van der Waals surface area contributed by atoms with Gasteiger partial charge in [-0.2, -0.15) is 5.10 Å². The second-order valence-electron chi connectivity index (χ2n) is 5.75. The lowest BCUT2D eigenvalue weighted by Gasteiger charge is -2.00. The molecule has 4 rings (SSSR count). The summed E-state index contributed by atoms with van der Waals surface area (Å²) < 4.78 is 4.31. The van der Waals surface area contributed by atoms with Crippen molar-refractivity contribution in [2.75, 3.05) is 5.43 Å². The van der Waals surface area contributed by atoms with E-state index < -0.39 is 0 Å². The van der Waals surface area contributed by atoms with Crippen molar-refractivity contribution in [2.24, 2.45) is 12.1 Å². The van der Waals surface area contributed by atoms with E-state index in [-0.39, 0.29) is 0 Å². The molecule has 1 aromatic carbocycles. The summed E-state index contributed by atoms with van der Waals surface area (Å²) in [4.78, 5) is 4.16. The number of hydrogen-bond acceptors (Lipinski definition) is 3. The van der Waals surface area contributed by atoms with Gasteiger partial charge in [0.15, 0.2) is 5.69 Å². The maximum atomic E-state index is 4.22. The van der Waals surface area contributed by atoms with Gasteiger partial charge in [0, 0.05) is 17.8 Å². The molecule has 5 heteroatoms. The summed E-state index contributed by atoms with van der Waals surface area (Å²) in [5, 5.41) is 4.22. The van der Waals surface area contributed by atoms with Crippen LogP contribution in [0.15, 0.2) is 84.4 Å². The van der Waals surface area contributed by atoms with Gasteiger partial charge in [-0.1, -0.05) is 24.3 Å². The highest BCUT2D eigenvalue weighted by Crippen LogP contribution is 2.19. The maximum Gasteiger partial charge on any atom is 0.286 e. The van der Waals surface area contributed by atoms with Crippen molar-refractivity contribution >= 4 is 17.7 Å². The van der Waals surface area contributed by atoms with E-state index >= 15 is 0 Å². The van der Waals surface area contributed by atoms with Crippen LogP contribution in [0.25, 0.3) is 16.9 Å². The summed E-state index contributed by atoms with van der Waals surface area (Å²) in [6.45, 7) is 0. The van der Waals surface area contributed by atoms with Gasteiger partial charge in [0.25, 0.3) is 5.65 Å². The van der Waals surface area contributed by atoms with Crippen molar-refractivity contribution in [3.8, 4) is 11.3 Å². The number of rotatable bonds is 4. The van der Waals surface area contributed by atoms with E-state index in [1.54, 1.807) is 12.4 Å². The number of aryl methyl sites for hydroxylation is 1. The smallest absolute Gasteiger partial charge is 0.261 e. The van der Waals surface area contributed by atoms with Crippen LogP contribution in [0.3, 0.4) is 0 Å². The molecule has 0 aliphatic heterocycles. The summed E-state index contributed by atoms with van der Waals surface area (Å²) in [6.07, 6.45) is 7.72. The molecule has 0 atom stereocenters. The molecular formula is C20H18N5+. The number of aromatic nitrogens is 3. The number of imidazole rings is 1. The molecule has 1 N–H and O–H groups in total. The summed E-state index contributed by atoms with van der Waals surface area (Å²) in [5.41, 5.74) is 7.43. The Morgan fingerprint density at radius 2 is 1.88 bits per heavy atom. The standard InChI is InChI=1S/C20H18N5/c1-24-18(15-25-13-5-3-7-20(24)25)17-10-8-16(9-11-17)14-22-23-19-6-2-4-12-21-19/h2-15H,1H3,(H,21,23)/q+1/b22-14+. The Balaban J connectivity index is 1.54. The number of hydrogen-bond donors (Lipinski definition) is 1. The summed E-state index contributed by atoms with van der Waals surface area (Å²) in [5.74, 6) is 0.725. The van der Waals surface area contributed by atoms with E-state index in [0.717, 1.165) is 17.0 Å². The molecule has 0 saturated carbocycles. The molecule has 0 aliphatic carbocycles. The monoisotopic (exact) mass is 328 g/mol. The largest absolute Gasteiger partial charge is 0.286 e. The zero-order valence-corrected chi connectivity index (χ0v) is 13.9. The van der Waals surface area contributed by atoms with Gasteiger partial charge in [0.1, 0.15) is 12.0 Å². The predicted octanol–water partition coefficient (Wildman–Crippen LogP) is 3.27. The molecule has 5 nitrogen and oxygen atoms in total. The molecule has 3 aromatic heterocycles. The van der Waals surface area contributed by atoms with Gasteiger partial charge in [-0.05, 0) is 35.9 Å². The second kappa shape index (κ2) is 6.57. The molecule has 0 unspecified atom stereocenters. The van der Waals surface area contributed by atoms with Crippen molar-refractivity contribution in [1.29, 1.82) is 0 Å². The maximum absolute atomic E-state index is 4.22. The molecule has 122 valence electrons. The Bertz CT molecular complexity index is 1020. The SMILES string of the molecule is Cn1c(-c2ccc(/C=N/Nc3ccccn3)cc2)c[n+]2ccccc12. The van der Waals surface area contributed by atoms with Gasteiger partial charge in [0.05, 0.1) is 19.5 Å². The molecule has 0 radical (unpaired) electrons. The zero-order valence-electron chi connectivity index (χ0n) is 13.9.